The van der Waals surface area contributed by atoms with Crippen LogP contribution in [0.25, 0.3) is 0 Å². The van der Waals surface area contributed by atoms with Gasteiger partial charge in [0, 0.05) is 20.3 Å². The van der Waals surface area contributed by atoms with Gasteiger partial charge in [0.2, 0.25) is 0 Å². The third kappa shape index (κ3) is 3.34. The topological polar surface area (TPSA) is 93.1 Å². The second kappa shape index (κ2) is 5.74. The van der Waals surface area contributed by atoms with Crippen LogP contribution >= 0.6 is 11.6 Å². The largest absolute Gasteiger partial charge is 0.354 e. The Balaban J connectivity index is 2.34. The summed E-state index contributed by atoms with van der Waals surface area (Å²) >= 11 is 5.71. The molecule has 0 aromatic carbocycles. The molecule has 9 heteroatoms. The number of nitrogens with zero attached hydrogens (tertiary/aromatic N) is 2. The molecule has 7 nitrogen and oxygen atoms in total. The van der Waals surface area contributed by atoms with E-state index in [1.54, 1.807) is 13.1 Å². The zero-order chi connectivity index (χ0) is 15.6. The highest BCUT2D eigenvalue weighted by Gasteiger charge is 2.20. The lowest BCUT2D eigenvalue weighted by Crippen LogP contribution is -2.20. The van der Waals surface area contributed by atoms with Crippen molar-refractivity contribution in [3.63, 3.8) is 0 Å². The molecule has 2 rings (SSSR count). The first-order chi connectivity index (χ1) is 9.83. The van der Waals surface area contributed by atoms with Crippen molar-refractivity contribution in [1.82, 2.24) is 14.9 Å². The standard InChI is InChI=1S/C12H13ClN4O3S/c1-14-12(18)9-6-8(7-17(9)2)21(19,20)16-11-5-3-4-10(13)15-11/h3-7H,1-2H3,(H,14,18)(H,15,16). The Bertz CT molecular complexity index is 786. The molecule has 112 valence electrons. The van der Waals surface area contributed by atoms with Crippen LogP contribution in [0.4, 0.5) is 5.82 Å². The van der Waals surface area contributed by atoms with E-state index < -0.39 is 10.0 Å². The van der Waals surface area contributed by atoms with Crippen molar-refractivity contribution in [1.29, 1.82) is 0 Å². The SMILES string of the molecule is CNC(=O)c1cc(S(=O)(=O)Nc2cccc(Cl)n2)cn1C. The summed E-state index contributed by atoms with van der Waals surface area (Å²) in [6, 6.07) is 5.87. The first kappa shape index (κ1) is 15.3. The highest BCUT2D eigenvalue weighted by Crippen LogP contribution is 2.18. The Kier molecular flexibility index (Phi) is 4.19. The number of sulfonamides is 1. The zero-order valence-corrected chi connectivity index (χ0v) is 12.9. The molecule has 2 heterocycles. The van der Waals surface area contributed by atoms with E-state index >= 15 is 0 Å². The Labute approximate surface area is 127 Å². The molecule has 0 aliphatic heterocycles. The normalized spacial score (nSPS) is 11.2. The lowest BCUT2D eigenvalue weighted by molar-refractivity contribution is 0.0955. The minimum Gasteiger partial charge on any atom is -0.354 e. The Morgan fingerprint density at radius 3 is 2.71 bits per heavy atom. The van der Waals surface area contributed by atoms with Gasteiger partial charge in [0.15, 0.2) is 0 Å². The van der Waals surface area contributed by atoms with Crippen LogP contribution in [0.2, 0.25) is 5.15 Å². The minimum atomic E-state index is -3.85. The van der Waals surface area contributed by atoms with Gasteiger partial charge in [-0.25, -0.2) is 13.4 Å². The number of hydrogen-bond acceptors (Lipinski definition) is 4. The molecule has 0 atom stereocenters. The van der Waals surface area contributed by atoms with E-state index in [1.807, 2.05) is 0 Å². The molecule has 0 saturated carbocycles. The maximum atomic E-state index is 12.3. The van der Waals surface area contributed by atoms with Crippen LogP contribution < -0.4 is 10.0 Å². The van der Waals surface area contributed by atoms with Crippen molar-refractivity contribution in [2.75, 3.05) is 11.8 Å². The molecular weight excluding hydrogens is 316 g/mol. The molecule has 0 aliphatic rings. The maximum Gasteiger partial charge on any atom is 0.267 e. The first-order valence-corrected chi connectivity index (χ1v) is 7.73. The molecule has 0 bridgehead atoms. The summed E-state index contributed by atoms with van der Waals surface area (Å²) < 4.78 is 28.2. The van der Waals surface area contributed by atoms with Crippen LogP contribution in [0.5, 0.6) is 0 Å². The summed E-state index contributed by atoms with van der Waals surface area (Å²) in [7, 11) is -0.791. The van der Waals surface area contributed by atoms with Crippen LogP contribution in [-0.4, -0.2) is 30.9 Å². The van der Waals surface area contributed by atoms with E-state index in [0.29, 0.717) is 0 Å². The number of carbonyl (C=O) groups excluding carboxylic acids is 1. The fourth-order valence-corrected chi connectivity index (χ4v) is 2.93. The van der Waals surface area contributed by atoms with E-state index in [1.165, 1.54) is 36.0 Å². The van der Waals surface area contributed by atoms with E-state index in [9.17, 15) is 13.2 Å². The molecule has 0 fully saturated rings. The molecule has 0 aliphatic carbocycles. The first-order valence-electron chi connectivity index (χ1n) is 5.87. The highest BCUT2D eigenvalue weighted by molar-refractivity contribution is 7.92. The third-order valence-corrected chi connectivity index (χ3v) is 4.24. The molecule has 0 unspecified atom stereocenters. The molecule has 21 heavy (non-hydrogen) atoms. The highest BCUT2D eigenvalue weighted by atomic mass is 35.5. The van der Waals surface area contributed by atoms with Gasteiger partial charge in [0.25, 0.3) is 15.9 Å². The van der Waals surface area contributed by atoms with Crippen molar-refractivity contribution >= 4 is 33.3 Å². The van der Waals surface area contributed by atoms with Crippen molar-refractivity contribution in [2.24, 2.45) is 7.05 Å². The molecule has 0 saturated heterocycles. The number of pyridine rings is 1. The summed E-state index contributed by atoms with van der Waals surface area (Å²) in [6.45, 7) is 0. The van der Waals surface area contributed by atoms with Gasteiger partial charge in [-0.3, -0.25) is 9.52 Å². The number of hydrogen-bond donors (Lipinski definition) is 2. The third-order valence-electron chi connectivity index (χ3n) is 2.70. The van der Waals surface area contributed by atoms with Gasteiger partial charge in [-0.05, 0) is 18.2 Å². The van der Waals surface area contributed by atoms with Crippen LogP contribution in [0.3, 0.4) is 0 Å². The average molecular weight is 329 g/mol. The fraction of sp³-hybridized carbons (Fsp3) is 0.167. The number of halogens is 1. The van der Waals surface area contributed by atoms with Gasteiger partial charge < -0.3 is 9.88 Å². The Hall–Kier alpha value is -2.06. The second-order valence-corrected chi connectivity index (χ2v) is 6.27. The number of aryl methyl sites for hydroxylation is 1. The number of anilines is 1. The van der Waals surface area contributed by atoms with Gasteiger partial charge in [-0.15, -0.1) is 0 Å². The predicted molar refractivity (Wildman–Crippen MR) is 78.9 cm³/mol. The Morgan fingerprint density at radius 1 is 1.38 bits per heavy atom. The summed E-state index contributed by atoms with van der Waals surface area (Å²) in [5.74, 6) is -0.271. The lowest BCUT2D eigenvalue weighted by atomic mass is 10.4. The smallest absolute Gasteiger partial charge is 0.267 e. The van der Waals surface area contributed by atoms with Crippen molar-refractivity contribution in [3.8, 4) is 0 Å². The molecular formula is C12H13ClN4O3S. The average Bonchev–Trinajstić information content (AvgIpc) is 2.80. The van der Waals surface area contributed by atoms with E-state index in [4.69, 9.17) is 11.6 Å². The lowest BCUT2D eigenvalue weighted by Gasteiger charge is -2.05. The van der Waals surface area contributed by atoms with Crippen LogP contribution in [0, 0.1) is 0 Å². The fourth-order valence-electron chi connectivity index (χ4n) is 1.70. The molecule has 2 aromatic heterocycles. The molecule has 1 amide bonds. The van der Waals surface area contributed by atoms with E-state index in [-0.39, 0.29) is 27.5 Å². The van der Waals surface area contributed by atoms with Crippen LogP contribution in [-0.2, 0) is 17.1 Å². The number of rotatable bonds is 4. The predicted octanol–water partition coefficient (Wildman–Crippen LogP) is 1.23. The molecule has 0 radical (unpaired) electrons. The van der Waals surface area contributed by atoms with Gasteiger partial charge in [-0.2, -0.15) is 0 Å². The van der Waals surface area contributed by atoms with Crippen molar-refractivity contribution in [2.45, 2.75) is 4.90 Å². The van der Waals surface area contributed by atoms with Gasteiger partial charge in [0.1, 0.15) is 21.6 Å². The van der Waals surface area contributed by atoms with E-state index in [2.05, 4.69) is 15.0 Å². The molecule has 0 spiro atoms. The number of carbonyl (C=O) groups is 1. The van der Waals surface area contributed by atoms with Crippen molar-refractivity contribution in [3.05, 3.63) is 41.3 Å². The summed E-state index contributed by atoms with van der Waals surface area (Å²) in [4.78, 5) is 15.4. The summed E-state index contributed by atoms with van der Waals surface area (Å²) in [5, 5.41) is 2.61. The van der Waals surface area contributed by atoms with Crippen LogP contribution in [0.1, 0.15) is 10.5 Å². The Morgan fingerprint density at radius 2 is 2.10 bits per heavy atom. The monoisotopic (exact) mass is 328 g/mol. The van der Waals surface area contributed by atoms with E-state index in [0.717, 1.165) is 0 Å². The number of aromatic nitrogens is 2. The number of nitrogens with one attached hydrogen (secondary N) is 2. The summed E-state index contributed by atoms with van der Waals surface area (Å²) in [5.41, 5.74) is 0.233. The van der Waals surface area contributed by atoms with Gasteiger partial charge in [0.05, 0.1) is 0 Å². The maximum absolute atomic E-state index is 12.3. The quantitative estimate of drug-likeness (QED) is 0.826. The van der Waals surface area contributed by atoms with Crippen molar-refractivity contribution < 1.29 is 13.2 Å². The minimum absolute atomic E-state index is 0.0367. The van der Waals surface area contributed by atoms with Gasteiger partial charge in [-0.1, -0.05) is 17.7 Å². The van der Waals surface area contributed by atoms with Gasteiger partial charge >= 0.3 is 0 Å². The molecule has 2 N–H and O–H groups in total. The number of amides is 1. The van der Waals surface area contributed by atoms with Crippen LogP contribution in [0.15, 0.2) is 35.4 Å². The second-order valence-electron chi connectivity index (χ2n) is 4.20. The zero-order valence-electron chi connectivity index (χ0n) is 11.3. The molecule has 2 aromatic rings. The summed E-state index contributed by atoms with van der Waals surface area (Å²) in [6.07, 6.45) is 1.34.